The van der Waals surface area contributed by atoms with Crippen LogP contribution >= 0.6 is 11.6 Å². The van der Waals surface area contributed by atoms with E-state index in [0.717, 1.165) is 53.9 Å². The Balaban J connectivity index is 1.20. The molecule has 0 atom stereocenters. The Morgan fingerprint density at radius 3 is 2.38 bits per heavy atom. The van der Waals surface area contributed by atoms with Gasteiger partial charge < -0.3 is 14.4 Å². The first-order chi connectivity index (χ1) is 19.3. The highest BCUT2D eigenvalue weighted by atomic mass is 35.5. The number of likely N-dealkylation sites (tertiary alicyclic amines) is 1. The fourth-order valence-corrected chi connectivity index (χ4v) is 5.61. The van der Waals surface area contributed by atoms with Crippen molar-refractivity contribution in [3.05, 3.63) is 94.5 Å². The highest BCUT2D eigenvalue weighted by molar-refractivity contribution is 6.31. The fraction of sp³-hybridized carbons (Fsp3) is 0.344. The Morgan fingerprint density at radius 1 is 1.02 bits per heavy atom. The Kier molecular flexibility index (Phi) is 8.52. The lowest BCUT2D eigenvalue weighted by atomic mass is 9.85. The quantitative estimate of drug-likeness (QED) is 0.212. The first-order valence-electron chi connectivity index (χ1n) is 13.7. The highest BCUT2D eigenvalue weighted by Crippen LogP contribution is 2.32. The van der Waals surface area contributed by atoms with Crippen molar-refractivity contribution in [1.82, 2.24) is 15.0 Å². The van der Waals surface area contributed by atoms with Crippen molar-refractivity contribution in [3.8, 4) is 22.8 Å². The standard InChI is InChI=1S/C32H34ClN3O4/c1-22(2)18-26-12-13-27(19-28(26)33)30-34-29(35-40-30)25-10-8-24(9-11-25)21-36-16-14-32(15-17-36,39-31(37)38)20-23-6-4-3-5-7-23/h3-13,19,22H,14-18,20-21H2,1-2H3,(H,37,38). The third-order valence-corrected chi connectivity index (χ3v) is 7.76. The predicted octanol–water partition coefficient (Wildman–Crippen LogP) is 7.53. The largest absolute Gasteiger partial charge is 0.506 e. The Hall–Kier alpha value is -3.68. The van der Waals surface area contributed by atoms with Crippen LogP contribution in [0.25, 0.3) is 22.8 Å². The molecule has 1 aliphatic rings. The smallest absolute Gasteiger partial charge is 0.450 e. The molecule has 40 heavy (non-hydrogen) atoms. The van der Waals surface area contributed by atoms with E-state index in [2.05, 4.69) is 41.0 Å². The van der Waals surface area contributed by atoms with Crippen molar-refractivity contribution in [2.75, 3.05) is 13.1 Å². The molecule has 0 radical (unpaired) electrons. The summed E-state index contributed by atoms with van der Waals surface area (Å²) in [6.45, 7) is 6.62. The van der Waals surface area contributed by atoms with E-state index in [9.17, 15) is 9.90 Å². The number of benzene rings is 3. The maximum absolute atomic E-state index is 11.5. The summed E-state index contributed by atoms with van der Waals surface area (Å²) in [6, 6.07) is 24.0. The molecule has 1 aromatic heterocycles. The number of carbonyl (C=O) groups is 1. The van der Waals surface area contributed by atoms with Gasteiger partial charge in [-0.05, 0) is 41.2 Å². The minimum absolute atomic E-state index is 0.438. The van der Waals surface area contributed by atoms with Crippen LogP contribution < -0.4 is 0 Å². The molecule has 3 aromatic carbocycles. The molecule has 0 amide bonds. The summed E-state index contributed by atoms with van der Waals surface area (Å²) in [5.74, 6) is 1.49. The summed E-state index contributed by atoms with van der Waals surface area (Å²) in [7, 11) is 0. The zero-order chi connectivity index (χ0) is 28.1. The molecule has 7 nitrogen and oxygen atoms in total. The van der Waals surface area contributed by atoms with Crippen LogP contribution in [0, 0.1) is 5.92 Å². The van der Waals surface area contributed by atoms with Gasteiger partial charge in [0.15, 0.2) is 0 Å². The third kappa shape index (κ3) is 6.90. The van der Waals surface area contributed by atoms with Crippen LogP contribution in [-0.2, 0) is 24.1 Å². The van der Waals surface area contributed by atoms with Gasteiger partial charge in [0, 0.05) is 55.0 Å². The average Bonchev–Trinajstić information content (AvgIpc) is 3.42. The van der Waals surface area contributed by atoms with Crippen LogP contribution in [0.15, 0.2) is 77.3 Å². The maximum atomic E-state index is 11.5. The number of halogens is 1. The van der Waals surface area contributed by atoms with Crippen LogP contribution in [-0.4, -0.2) is 45.0 Å². The normalized spacial score (nSPS) is 15.3. The lowest BCUT2D eigenvalue weighted by molar-refractivity contribution is -0.0570. The van der Waals surface area contributed by atoms with Crippen LogP contribution in [0.4, 0.5) is 4.79 Å². The summed E-state index contributed by atoms with van der Waals surface area (Å²) in [5, 5.41) is 14.3. The van der Waals surface area contributed by atoms with E-state index in [4.69, 9.17) is 20.9 Å². The summed E-state index contributed by atoms with van der Waals surface area (Å²) >= 11 is 6.49. The molecule has 1 saturated heterocycles. The zero-order valence-electron chi connectivity index (χ0n) is 22.8. The monoisotopic (exact) mass is 559 g/mol. The minimum Gasteiger partial charge on any atom is -0.450 e. The number of rotatable bonds is 9. The van der Waals surface area contributed by atoms with Crippen LogP contribution in [0.1, 0.15) is 43.4 Å². The number of aromatic nitrogens is 2. The first kappa shape index (κ1) is 27.9. The summed E-state index contributed by atoms with van der Waals surface area (Å²) in [6.07, 6.45) is 1.60. The van der Waals surface area contributed by atoms with Crippen LogP contribution in [0.3, 0.4) is 0 Å². The van der Waals surface area contributed by atoms with Gasteiger partial charge in [-0.15, -0.1) is 0 Å². The molecule has 0 aliphatic carbocycles. The van der Waals surface area contributed by atoms with Crippen molar-refractivity contribution in [3.63, 3.8) is 0 Å². The van der Waals surface area contributed by atoms with Gasteiger partial charge in [0.2, 0.25) is 5.82 Å². The molecule has 0 saturated carbocycles. The van der Waals surface area contributed by atoms with Crippen molar-refractivity contribution in [1.29, 1.82) is 0 Å². The van der Waals surface area contributed by atoms with Gasteiger partial charge in [0.1, 0.15) is 5.60 Å². The molecule has 1 N–H and O–H groups in total. The van der Waals surface area contributed by atoms with Gasteiger partial charge in [-0.3, -0.25) is 4.90 Å². The topological polar surface area (TPSA) is 88.7 Å². The van der Waals surface area contributed by atoms with Gasteiger partial charge in [-0.2, -0.15) is 4.98 Å². The summed E-state index contributed by atoms with van der Waals surface area (Å²) in [4.78, 5) is 18.4. The van der Waals surface area contributed by atoms with Crippen molar-refractivity contribution in [2.45, 2.75) is 51.7 Å². The molecule has 4 aromatic rings. The van der Waals surface area contributed by atoms with E-state index >= 15 is 0 Å². The number of hydrogen-bond acceptors (Lipinski definition) is 6. The van der Waals surface area contributed by atoms with E-state index in [1.165, 1.54) is 0 Å². The molecule has 5 rings (SSSR count). The Bertz CT molecular complexity index is 1430. The van der Waals surface area contributed by atoms with Crippen molar-refractivity contribution in [2.24, 2.45) is 5.92 Å². The van der Waals surface area contributed by atoms with Gasteiger partial charge in [-0.1, -0.05) is 91.3 Å². The molecule has 1 aliphatic heterocycles. The molecular formula is C32H34ClN3O4. The number of piperidine rings is 1. The molecular weight excluding hydrogens is 526 g/mol. The second-order valence-corrected chi connectivity index (χ2v) is 11.4. The van der Waals surface area contributed by atoms with Crippen molar-refractivity contribution >= 4 is 17.8 Å². The number of nitrogens with zero attached hydrogens (tertiary/aromatic N) is 3. The van der Waals surface area contributed by atoms with E-state index in [0.29, 0.717) is 41.9 Å². The highest BCUT2D eigenvalue weighted by Gasteiger charge is 2.38. The lowest BCUT2D eigenvalue weighted by Gasteiger charge is -2.40. The molecule has 0 unspecified atom stereocenters. The summed E-state index contributed by atoms with van der Waals surface area (Å²) in [5.41, 5.74) is 4.34. The zero-order valence-corrected chi connectivity index (χ0v) is 23.6. The second-order valence-electron chi connectivity index (χ2n) is 11.0. The number of ether oxygens (including phenoxy) is 1. The molecule has 1 fully saturated rings. The van der Waals surface area contributed by atoms with E-state index in [1.54, 1.807) is 0 Å². The minimum atomic E-state index is -1.21. The molecule has 208 valence electrons. The first-order valence-corrected chi connectivity index (χ1v) is 14.1. The van der Waals surface area contributed by atoms with E-state index in [-0.39, 0.29) is 0 Å². The summed E-state index contributed by atoms with van der Waals surface area (Å²) < 4.78 is 11.0. The average molecular weight is 560 g/mol. The van der Waals surface area contributed by atoms with Gasteiger partial charge in [0.05, 0.1) is 0 Å². The molecule has 0 bridgehead atoms. The predicted molar refractivity (Wildman–Crippen MR) is 155 cm³/mol. The fourth-order valence-electron chi connectivity index (χ4n) is 5.35. The maximum Gasteiger partial charge on any atom is 0.506 e. The van der Waals surface area contributed by atoms with Crippen LogP contribution in [0.2, 0.25) is 5.02 Å². The van der Waals surface area contributed by atoms with E-state index < -0.39 is 11.8 Å². The molecule has 8 heteroatoms. The third-order valence-electron chi connectivity index (χ3n) is 7.41. The van der Waals surface area contributed by atoms with Gasteiger partial charge in [0.25, 0.3) is 5.89 Å². The second kappa shape index (κ2) is 12.2. The van der Waals surface area contributed by atoms with Gasteiger partial charge in [-0.25, -0.2) is 4.79 Å². The van der Waals surface area contributed by atoms with Gasteiger partial charge >= 0.3 is 6.16 Å². The number of hydrogen-bond donors (Lipinski definition) is 1. The molecule has 2 heterocycles. The van der Waals surface area contributed by atoms with Crippen molar-refractivity contribution < 1.29 is 19.2 Å². The SMILES string of the molecule is CC(C)Cc1ccc(-c2nc(-c3ccc(CN4CCC(Cc5ccccc5)(OC(=O)O)CC4)cc3)no2)cc1Cl. The number of carboxylic acid groups (broad SMARTS) is 1. The Morgan fingerprint density at radius 2 is 1.73 bits per heavy atom. The lowest BCUT2D eigenvalue weighted by Crippen LogP contribution is -2.48. The molecule has 0 spiro atoms. The Labute approximate surface area is 239 Å². The van der Waals surface area contributed by atoms with E-state index in [1.807, 2.05) is 60.7 Å². The van der Waals surface area contributed by atoms with Crippen LogP contribution in [0.5, 0.6) is 0 Å².